The third kappa shape index (κ3) is 27.4. The molecule has 0 spiro atoms. The average molecular weight is 443 g/mol. The van der Waals surface area contributed by atoms with Crippen LogP contribution in [0.1, 0.15) is 136 Å². The molecule has 0 N–H and O–H groups in total. The number of unbranched alkanes of at least 4 members (excludes halogenated alkanes) is 16. The van der Waals surface area contributed by atoms with Crippen LogP contribution >= 0.6 is 0 Å². The van der Waals surface area contributed by atoms with Crippen LogP contribution in [0.3, 0.4) is 0 Å². The van der Waals surface area contributed by atoms with E-state index in [0.29, 0.717) is 32.8 Å². The highest BCUT2D eigenvalue weighted by atomic mass is 16.6. The Labute approximate surface area is 194 Å². The third-order valence-corrected chi connectivity index (χ3v) is 5.74. The largest absolute Gasteiger partial charge is 0.463 e. The zero-order valence-electron chi connectivity index (χ0n) is 21.1. The van der Waals surface area contributed by atoms with Gasteiger partial charge >= 0.3 is 5.97 Å². The maximum atomic E-state index is 11.7. The van der Waals surface area contributed by atoms with Gasteiger partial charge in [0, 0.05) is 13.0 Å². The fraction of sp³-hybridized carbons (Fsp3) is 0.963. The second kappa shape index (κ2) is 27.4. The Bertz CT molecular complexity index is 346. The summed E-state index contributed by atoms with van der Waals surface area (Å²) in [7, 11) is 0. The van der Waals surface area contributed by atoms with Gasteiger partial charge in [0.2, 0.25) is 0 Å². The van der Waals surface area contributed by atoms with Crippen LogP contribution in [0.2, 0.25) is 0 Å². The molecule has 186 valence electrons. The third-order valence-electron chi connectivity index (χ3n) is 5.74. The number of carbonyl (C=O) groups excluding carboxylic acids is 1. The number of esters is 1. The van der Waals surface area contributed by atoms with Gasteiger partial charge < -0.3 is 14.2 Å². The Morgan fingerprint density at radius 2 is 0.839 bits per heavy atom. The Kier molecular flexibility index (Phi) is 26.9. The summed E-state index contributed by atoms with van der Waals surface area (Å²) in [5.74, 6) is -0.0888. The number of hydrogen-bond acceptors (Lipinski definition) is 4. The van der Waals surface area contributed by atoms with E-state index in [2.05, 4.69) is 13.8 Å². The van der Waals surface area contributed by atoms with E-state index in [-0.39, 0.29) is 5.97 Å². The molecule has 0 atom stereocenters. The van der Waals surface area contributed by atoms with Gasteiger partial charge in [-0.3, -0.25) is 4.79 Å². The van der Waals surface area contributed by atoms with Crippen molar-refractivity contribution >= 4 is 5.97 Å². The number of ether oxygens (including phenoxy) is 3. The average Bonchev–Trinajstić information content (AvgIpc) is 2.77. The first kappa shape index (κ1) is 30.4. The van der Waals surface area contributed by atoms with Gasteiger partial charge in [-0.2, -0.15) is 0 Å². The summed E-state index contributed by atoms with van der Waals surface area (Å²) in [6.45, 7) is 7.28. The molecule has 4 heteroatoms. The van der Waals surface area contributed by atoms with Gasteiger partial charge in [0.1, 0.15) is 6.61 Å². The van der Waals surface area contributed by atoms with Crippen LogP contribution in [0.4, 0.5) is 0 Å². The van der Waals surface area contributed by atoms with Gasteiger partial charge in [-0.1, -0.05) is 117 Å². The lowest BCUT2D eigenvalue weighted by molar-refractivity contribution is -0.145. The summed E-state index contributed by atoms with van der Waals surface area (Å²) in [6.07, 6.45) is 24.2. The summed E-state index contributed by atoms with van der Waals surface area (Å²) < 4.78 is 16.1. The summed E-state index contributed by atoms with van der Waals surface area (Å²) >= 11 is 0. The molecule has 0 bridgehead atoms. The quantitative estimate of drug-likeness (QED) is 0.100. The van der Waals surface area contributed by atoms with Gasteiger partial charge in [-0.05, 0) is 12.8 Å². The van der Waals surface area contributed by atoms with Crippen LogP contribution in [-0.2, 0) is 19.0 Å². The van der Waals surface area contributed by atoms with E-state index >= 15 is 0 Å². The summed E-state index contributed by atoms with van der Waals surface area (Å²) in [4.78, 5) is 11.7. The molecule has 4 nitrogen and oxygen atoms in total. The maximum Gasteiger partial charge on any atom is 0.305 e. The van der Waals surface area contributed by atoms with Crippen LogP contribution in [0, 0.1) is 0 Å². The molecule has 0 heterocycles. The van der Waals surface area contributed by atoms with Crippen LogP contribution in [0.5, 0.6) is 0 Å². The number of rotatable bonds is 26. The highest BCUT2D eigenvalue weighted by molar-refractivity contribution is 5.69. The van der Waals surface area contributed by atoms with Crippen molar-refractivity contribution in [1.82, 2.24) is 0 Å². The molecule has 0 radical (unpaired) electrons. The van der Waals surface area contributed by atoms with Crippen LogP contribution in [-0.4, -0.2) is 39.0 Å². The second-order valence-corrected chi connectivity index (χ2v) is 8.85. The number of carbonyl (C=O) groups is 1. The first-order valence-electron chi connectivity index (χ1n) is 13.6. The smallest absolute Gasteiger partial charge is 0.305 e. The molecule has 0 aliphatic carbocycles. The molecule has 0 saturated heterocycles. The summed E-state index contributed by atoms with van der Waals surface area (Å²) in [6, 6.07) is 0. The molecule has 0 fully saturated rings. The Morgan fingerprint density at radius 1 is 0.452 bits per heavy atom. The topological polar surface area (TPSA) is 44.8 Å². The van der Waals surface area contributed by atoms with Crippen molar-refractivity contribution < 1.29 is 19.0 Å². The molecule has 0 aromatic heterocycles. The van der Waals surface area contributed by atoms with Gasteiger partial charge in [-0.15, -0.1) is 0 Å². The zero-order chi connectivity index (χ0) is 22.7. The molecule has 0 aromatic carbocycles. The van der Waals surface area contributed by atoms with Crippen LogP contribution < -0.4 is 0 Å². The lowest BCUT2D eigenvalue weighted by atomic mass is 10.0. The minimum atomic E-state index is -0.0888. The molecule has 0 aromatic rings. The summed E-state index contributed by atoms with van der Waals surface area (Å²) in [5, 5.41) is 0. The fourth-order valence-electron chi connectivity index (χ4n) is 3.70. The minimum Gasteiger partial charge on any atom is -0.463 e. The summed E-state index contributed by atoms with van der Waals surface area (Å²) in [5.41, 5.74) is 0. The van der Waals surface area contributed by atoms with E-state index in [9.17, 15) is 4.79 Å². The van der Waals surface area contributed by atoms with Crippen LogP contribution in [0.25, 0.3) is 0 Å². The SMILES string of the molecule is CCCCCCCCCCCCCCCCCC(=O)OCCOCCOCCCCC. The Hall–Kier alpha value is -0.610. The van der Waals surface area contributed by atoms with Crippen molar-refractivity contribution in [2.45, 2.75) is 136 Å². The van der Waals surface area contributed by atoms with Gasteiger partial charge in [0.15, 0.2) is 0 Å². The fourth-order valence-corrected chi connectivity index (χ4v) is 3.70. The Morgan fingerprint density at radius 3 is 1.35 bits per heavy atom. The zero-order valence-corrected chi connectivity index (χ0v) is 21.1. The van der Waals surface area contributed by atoms with E-state index in [0.717, 1.165) is 25.9 Å². The lowest BCUT2D eigenvalue weighted by Crippen LogP contribution is -2.13. The van der Waals surface area contributed by atoms with Crippen molar-refractivity contribution in [3.05, 3.63) is 0 Å². The predicted molar refractivity (Wildman–Crippen MR) is 132 cm³/mol. The van der Waals surface area contributed by atoms with Crippen molar-refractivity contribution in [3.8, 4) is 0 Å². The number of hydrogen-bond donors (Lipinski definition) is 0. The van der Waals surface area contributed by atoms with Gasteiger partial charge in [-0.25, -0.2) is 0 Å². The monoisotopic (exact) mass is 442 g/mol. The maximum absolute atomic E-state index is 11.7. The predicted octanol–water partition coefficient (Wildman–Crippen LogP) is 8.01. The van der Waals surface area contributed by atoms with Crippen molar-refractivity contribution in [2.24, 2.45) is 0 Å². The molecular formula is C27H54O4. The molecule has 0 saturated carbocycles. The molecule has 0 aliphatic rings. The van der Waals surface area contributed by atoms with Crippen molar-refractivity contribution in [3.63, 3.8) is 0 Å². The van der Waals surface area contributed by atoms with Crippen molar-refractivity contribution in [2.75, 3.05) is 33.0 Å². The van der Waals surface area contributed by atoms with E-state index in [1.807, 2.05) is 0 Å². The van der Waals surface area contributed by atoms with E-state index in [1.54, 1.807) is 0 Å². The van der Waals surface area contributed by atoms with E-state index in [4.69, 9.17) is 14.2 Å². The molecule has 31 heavy (non-hydrogen) atoms. The normalized spacial score (nSPS) is 11.2. The van der Waals surface area contributed by atoms with Gasteiger partial charge in [0.05, 0.1) is 19.8 Å². The first-order chi connectivity index (χ1) is 15.3. The first-order valence-corrected chi connectivity index (χ1v) is 13.6. The minimum absolute atomic E-state index is 0.0888. The molecule has 0 unspecified atom stereocenters. The lowest BCUT2D eigenvalue weighted by Gasteiger charge is -2.07. The Balaban J connectivity index is 3.13. The van der Waals surface area contributed by atoms with Gasteiger partial charge in [0.25, 0.3) is 0 Å². The standard InChI is InChI=1S/C27H54O4/c1-3-5-7-8-9-10-11-12-13-14-15-16-17-18-19-21-27(28)31-26-25-30-24-23-29-22-20-6-4-2/h3-26H2,1-2H3. The molecule has 0 aliphatic heterocycles. The van der Waals surface area contributed by atoms with E-state index < -0.39 is 0 Å². The molecule has 0 amide bonds. The highest BCUT2D eigenvalue weighted by Gasteiger charge is 2.02. The molecular weight excluding hydrogens is 388 g/mol. The molecule has 0 rings (SSSR count). The highest BCUT2D eigenvalue weighted by Crippen LogP contribution is 2.13. The van der Waals surface area contributed by atoms with Crippen molar-refractivity contribution in [1.29, 1.82) is 0 Å². The van der Waals surface area contributed by atoms with Crippen LogP contribution in [0.15, 0.2) is 0 Å². The second-order valence-electron chi connectivity index (χ2n) is 8.85. The van der Waals surface area contributed by atoms with E-state index in [1.165, 1.54) is 96.3 Å².